The van der Waals surface area contributed by atoms with Crippen molar-refractivity contribution in [2.75, 3.05) is 20.6 Å². The van der Waals surface area contributed by atoms with Gasteiger partial charge in [0.2, 0.25) is 0 Å². The number of hydrogen-bond acceptors (Lipinski definition) is 3. The SMILES string of the molecule is [2H]C([2H])(N)Cc1cc(OC([2H])([2H])[2H])c(CC=C)cc1OC([2H])([2H])[2H]. The molecular weight excluding hydrogens is 202 g/mol. The molecule has 0 unspecified atom stereocenters. The molecule has 0 radical (unpaired) electrons. The minimum absolute atomic E-state index is 0.0351. The fourth-order valence-corrected chi connectivity index (χ4v) is 1.40. The van der Waals surface area contributed by atoms with Gasteiger partial charge in [0, 0.05) is 8.30 Å². The van der Waals surface area contributed by atoms with Crippen LogP contribution in [0.15, 0.2) is 24.8 Å². The lowest BCUT2D eigenvalue weighted by molar-refractivity contribution is 0.395. The van der Waals surface area contributed by atoms with Gasteiger partial charge in [-0.2, -0.15) is 0 Å². The second kappa shape index (κ2) is 6.18. The van der Waals surface area contributed by atoms with Gasteiger partial charge in [-0.05, 0) is 37.0 Å². The van der Waals surface area contributed by atoms with E-state index >= 15 is 0 Å². The van der Waals surface area contributed by atoms with Crippen molar-refractivity contribution in [3.05, 3.63) is 35.9 Å². The smallest absolute Gasteiger partial charge is 0.122 e. The lowest BCUT2D eigenvalue weighted by atomic mass is 10.0. The first-order valence-electron chi connectivity index (χ1n) is 8.64. The molecule has 0 amide bonds. The molecule has 2 N–H and O–H groups in total. The van der Waals surface area contributed by atoms with Crippen LogP contribution in [0.4, 0.5) is 0 Å². The van der Waals surface area contributed by atoms with Crippen molar-refractivity contribution in [3.63, 3.8) is 0 Å². The predicted molar refractivity (Wildman–Crippen MR) is 66.2 cm³/mol. The van der Waals surface area contributed by atoms with E-state index in [9.17, 15) is 0 Å². The maximum atomic E-state index is 7.46. The Labute approximate surface area is 108 Å². The van der Waals surface area contributed by atoms with Crippen molar-refractivity contribution in [1.29, 1.82) is 0 Å². The first-order chi connectivity index (χ1) is 10.7. The Bertz CT molecular complexity index is 589. The Morgan fingerprint density at radius 2 is 2.00 bits per heavy atom. The van der Waals surface area contributed by atoms with E-state index < -0.39 is 20.6 Å². The molecule has 0 saturated carbocycles. The molecule has 0 aliphatic carbocycles. The highest BCUT2D eigenvalue weighted by Gasteiger charge is 2.09. The van der Waals surface area contributed by atoms with Crippen LogP contribution in [0.3, 0.4) is 0 Å². The molecule has 1 rings (SSSR count). The van der Waals surface area contributed by atoms with Crippen molar-refractivity contribution >= 4 is 0 Å². The molecule has 0 atom stereocenters. The van der Waals surface area contributed by atoms with Gasteiger partial charge in [0.05, 0.1) is 22.3 Å². The van der Waals surface area contributed by atoms with Gasteiger partial charge in [-0.25, -0.2) is 0 Å². The molecule has 3 nitrogen and oxygen atoms in total. The number of aryl methyl sites for hydroxylation is 1. The second-order valence-corrected chi connectivity index (χ2v) is 3.15. The van der Waals surface area contributed by atoms with Crippen molar-refractivity contribution < 1.29 is 20.4 Å². The quantitative estimate of drug-likeness (QED) is 0.758. The fourth-order valence-electron chi connectivity index (χ4n) is 1.40. The maximum Gasteiger partial charge on any atom is 0.122 e. The molecule has 1 aromatic carbocycles. The second-order valence-electron chi connectivity index (χ2n) is 3.15. The van der Waals surface area contributed by atoms with Gasteiger partial charge in [0.15, 0.2) is 0 Å². The van der Waals surface area contributed by atoms with Crippen molar-refractivity contribution in [2.24, 2.45) is 5.73 Å². The summed E-state index contributed by atoms with van der Waals surface area (Å²) in [7, 11) is -5.48. The summed E-state index contributed by atoms with van der Waals surface area (Å²) in [5, 5.41) is 0. The van der Waals surface area contributed by atoms with Gasteiger partial charge >= 0.3 is 0 Å². The van der Waals surface area contributed by atoms with Crippen LogP contribution < -0.4 is 15.2 Å². The lowest BCUT2D eigenvalue weighted by Crippen LogP contribution is -2.05. The van der Waals surface area contributed by atoms with E-state index in [4.69, 9.17) is 26.2 Å². The van der Waals surface area contributed by atoms with Gasteiger partial charge in [-0.3, -0.25) is 0 Å². The normalized spacial score (nSPS) is 19.8. The highest BCUT2D eigenvalue weighted by Crippen LogP contribution is 2.29. The zero-order valence-electron chi connectivity index (χ0n) is 16.7. The molecule has 0 saturated heterocycles. The summed E-state index contributed by atoms with van der Waals surface area (Å²) in [5.41, 5.74) is 5.78. The number of rotatable bonds is 6. The Balaban J connectivity index is 3.44. The van der Waals surface area contributed by atoms with Crippen LogP contribution in [0, 0.1) is 0 Å². The first-order valence-corrected chi connectivity index (χ1v) is 4.64. The maximum absolute atomic E-state index is 7.46. The van der Waals surface area contributed by atoms with E-state index in [1.807, 2.05) is 0 Å². The topological polar surface area (TPSA) is 44.5 Å². The third-order valence-electron chi connectivity index (χ3n) is 2.12. The molecule has 0 bridgehead atoms. The van der Waals surface area contributed by atoms with Crippen LogP contribution in [0.2, 0.25) is 0 Å². The molecule has 0 aliphatic heterocycles. The number of ether oxygens (including phenoxy) is 2. The summed E-state index contributed by atoms with van der Waals surface area (Å²) in [6, 6.07) is 2.53. The average Bonchev–Trinajstić information content (AvgIpc) is 2.29. The average molecular weight is 229 g/mol. The summed E-state index contributed by atoms with van der Waals surface area (Å²) in [6.07, 6.45) is 1.31. The summed E-state index contributed by atoms with van der Waals surface area (Å²) in [5.74, 6) is -0.147. The molecule has 0 fully saturated rings. The van der Waals surface area contributed by atoms with Gasteiger partial charge in [0.1, 0.15) is 11.5 Å². The molecule has 0 heterocycles. The Morgan fingerprint density at radius 1 is 1.38 bits per heavy atom. The molecule has 3 heteroatoms. The monoisotopic (exact) mass is 229 g/mol. The number of methoxy groups -OCH3 is 2. The molecule has 0 aliphatic rings. The van der Waals surface area contributed by atoms with Crippen LogP contribution in [0.25, 0.3) is 0 Å². The third kappa shape index (κ3) is 2.76. The molecule has 0 aromatic heterocycles. The molecule has 1 aromatic rings. The third-order valence-corrected chi connectivity index (χ3v) is 2.12. The van der Waals surface area contributed by atoms with Gasteiger partial charge in [-0.1, -0.05) is 6.08 Å². The van der Waals surface area contributed by atoms with Gasteiger partial charge in [0.25, 0.3) is 0 Å². The largest absolute Gasteiger partial charge is 0.496 e. The number of hydrogen-bond donors (Lipinski definition) is 1. The summed E-state index contributed by atoms with van der Waals surface area (Å²) in [6.45, 7) is 1.40. The summed E-state index contributed by atoms with van der Waals surface area (Å²) >= 11 is 0. The van der Waals surface area contributed by atoms with Crippen LogP contribution >= 0.6 is 0 Å². The first kappa shape index (κ1) is 5.23. The van der Waals surface area contributed by atoms with Crippen LogP contribution in [-0.2, 0) is 12.8 Å². The number of nitrogens with two attached hydrogens (primary N) is 1. The minimum Gasteiger partial charge on any atom is -0.496 e. The molecule has 16 heavy (non-hydrogen) atoms. The minimum atomic E-state index is -2.76. The van der Waals surface area contributed by atoms with E-state index in [2.05, 4.69) is 6.58 Å². The van der Waals surface area contributed by atoms with Gasteiger partial charge < -0.3 is 15.2 Å². The standard InChI is InChI=1S/C13H19NO2/c1-4-5-10-8-13(16-3)11(6-7-14)9-12(10)15-2/h4,8-9H,1,5-7,14H2,2-3H3/i2D3,3D3,7D2. The Kier molecular flexibility index (Phi) is 2.02. The van der Waals surface area contributed by atoms with E-state index in [0.717, 1.165) is 0 Å². The van der Waals surface area contributed by atoms with E-state index in [1.165, 1.54) is 18.2 Å². The number of benzene rings is 1. The zero-order chi connectivity index (χ0) is 18.8. The van der Waals surface area contributed by atoms with E-state index in [-0.39, 0.29) is 29.9 Å². The van der Waals surface area contributed by atoms with E-state index in [0.29, 0.717) is 5.56 Å². The van der Waals surface area contributed by atoms with Crippen LogP contribution in [-0.4, -0.2) is 20.6 Å². The highest BCUT2D eigenvalue weighted by atomic mass is 16.5. The van der Waals surface area contributed by atoms with Crippen LogP contribution in [0.5, 0.6) is 11.5 Å². The molecular formula is C13H19NO2. The summed E-state index contributed by atoms with van der Waals surface area (Å²) < 4.78 is 68.0. The van der Waals surface area contributed by atoms with Crippen LogP contribution in [0.1, 0.15) is 22.1 Å². The lowest BCUT2D eigenvalue weighted by Gasteiger charge is -2.13. The number of allylic oxidation sites excluding steroid dienone is 1. The molecule has 0 spiro atoms. The fraction of sp³-hybridized carbons (Fsp3) is 0.385. The van der Waals surface area contributed by atoms with Gasteiger partial charge in [-0.15, -0.1) is 6.58 Å². The zero-order valence-corrected chi connectivity index (χ0v) is 8.75. The summed E-state index contributed by atoms with van der Waals surface area (Å²) in [4.78, 5) is 0. The van der Waals surface area contributed by atoms with E-state index in [1.54, 1.807) is 0 Å². The van der Waals surface area contributed by atoms with Crippen molar-refractivity contribution in [1.82, 2.24) is 0 Å². The van der Waals surface area contributed by atoms with Crippen molar-refractivity contribution in [2.45, 2.75) is 12.8 Å². The predicted octanol–water partition coefficient (Wildman–Crippen LogP) is 1.93. The molecule has 88 valence electrons. The Hall–Kier alpha value is -1.48. The van der Waals surface area contributed by atoms with Crippen molar-refractivity contribution in [3.8, 4) is 11.5 Å². The highest BCUT2D eigenvalue weighted by molar-refractivity contribution is 5.47. The Morgan fingerprint density at radius 3 is 2.56 bits per heavy atom.